The molecule has 0 amide bonds. The van der Waals surface area contributed by atoms with Crippen LogP contribution in [0, 0.1) is 0 Å². The van der Waals surface area contributed by atoms with Crippen LogP contribution in [0.25, 0.3) is 10.9 Å². The monoisotopic (exact) mass is 438 g/mol. The smallest absolute Gasteiger partial charge is 0.399 e. The Morgan fingerprint density at radius 2 is 1.66 bits per heavy atom. The molecule has 1 saturated carbocycles. The first-order valence-electron chi connectivity index (χ1n) is 12.0. The van der Waals surface area contributed by atoms with E-state index in [1.165, 1.54) is 12.8 Å². The highest BCUT2D eigenvalue weighted by Gasteiger charge is 2.51. The van der Waals surface area contributed by atoms with E-state index >= 15 is 0 Å². The Hall–Kier alpha value is -1.74. The summed E-state index contributed by atoms with van der Waals surface area (Å²) in [5.74, 6) is 0.906. The van der Waals surface area contributed by atoms with Crippen molar-refractivity contribution in [1.29, 1.82) is 0 Å². The number of rotatable bonds is 4. The lowest BCUT2D eigenvalue weighted by molar-refractivity contribution is 0.00578. The van der Waals surface area contributed by atoms with E-state index < -0.39 is 0 Å². The number of ether oxygens (including phenoxy) is 1. The zero-order valence-electron chi connectivity index (χ0n) is 19.8. The Labute approximate surface area is 191 Å². The van der Waals surface area contributed by atoms with Crippen LogP contribution in [0.15, 0.2) is 24.5 Å². The second kappa shape index (κ2) is 8.56. The van der Waals surface area contributed by atoms with Crippen molar-refractivity contribution in [3.8, 4) is 0 Å². The Kier molecular flexibility index (Phi) is 5.90. The molecule has 1 aromatic heterocycles. The van der Waals surface area contributed by atoms with Crippen LogP contribution in [0.3, 0.4) is 0 Å². The summed E-state index contributed by atoms with van der Waals surface area (Å²) in [6, 6.07) is 7.34. The van der Waals surface area contributed by atoms with Crippen molar-refractivity contribution in [2.75, 3.05) is 31.6 Å². The molecule has 3 heterocycles. The molecule has 2 aliphatic heterocycles. The van der Waals surface area contributed by atoms with E-state index in [0.717, 1.165) is 61.3 Å². The lowest BCUT2D eigenvalue weighted by Crippen LogP contribution is -2.46. The van der Waals surface area contributed by atoms with Crippen LogP contribution < -0.4 is 10.8 Å². The molecule has 3 fully saturated rings. The van der Waals surface area contributed by atoms with Gasteiger partial charge in [-0.3, -0.25) is 4.90 Å². The summed E-state index contributed by atoms with van der Waals surface area (Å²) in [4.78, 5) is 11.7. The first kappa shape index (κ1) is 22.1. The second-order valence-corrected chi connectivity index (χ2v) is 10.4. The highest BCUT2D eigenvalue weighted by molar-refractivity contribution is 6.62. The van der Waals surface area contributed by atoms with E-state index in [2.05, 4.69) is 60.0 Å². The number of benzene rings is 1. The van der Waals surface area contributed by atoms with Gasteiger partial charge in [-0.15, -0.1) is 0 Å². The number of aromatic nitrogens is 2. The molecule has 172 valence electrons. The van der Waals surface area contributed by atoms with Crippen LogP contribution in [0.4, 0.5) is 5.82 Å². The van der Waals surface area contributed by atoms with Crippen molar-refractivity contribution >= 4 is 29.3 Å². The summed E-state index contributed by atoms with van der Waals surface area (Å²) >= 11 is 0. The van der Waals surface area contributed by atoms with Gasteiger partial charge in [0.1, 0.15) is 12.1 Å². The van der Waals surface area contributed by atoms with Crippen molar-refractivity contribution < 1.29 is 14.0 Å². The largest absolute Gasteiger partial charge is 0.494 e. The van der Waals surface area contributed by atoms with Crippen LogP contribution in [0.1, 0.15) is 53.4 Å². The van der Waals surface area contributed by atoms with Gasteiger partial charge >= 0.3 is 7.12 Å². The summed E-state index contributed by atoms with van der Waals surface area (Å²) in [7, 11) is -0.388. The van der Waals surface area contributed by atoms with Crippen molar-refractivity contribution in [2.45, 2.75) is 76.7 Å². The highest BCUT2D eigenvalue weighted by Crippen LogP contribution is 2.37. The summed E-state index contributed by atoms with van der Waals surface area (Å²) < 4.78 is 18.0. The fourth-order valence-electron chi connectivity index (χ4n) is 5.04. The van der Waals surface area contributed by atoms with Gasteiger partial charge < -0.3 is 19.4 Å². The first-order valence-corrected chi connectivity index (χ1v) is 12.0. The SMILES string of the molecule is CC1(C)OB(c2ccc3ncnc(N[C@H]4CC[C@H](N5CCOCC5)CC4)c3c2)OC1(C)C. The van der Waals surface area contributed by atoms with Gasteiger partial charge in [0.15, 0.2) is 0 Å². The minimum Gasteiger partial charge on any atom is -0.399 e. The first-order chi connectivity index (χ1) is 15.3. The average molecular weight is 438 g/mol. The summed E-state index contributed by atoms with van der Waals surface area (Å²) in [5.41, 5.74) is 1.22. The molecule has 3 aliphatic rings. The number of morpholine rings is 1. The number of anilines is 1. The lowest BCUT2D eigenvalue weighted by atomic mass is 9.78. The van der Waals surface area contributed by atoms with Crippen molar-refractivity contribution in [3.05, 3.63) is 24.5 Å². The molecule has 2 saturated heterocycles. The number of nitrogens with one attached hydrogen (secondary N) is 1. The van der Waals surface area contributed by atoms with Gasteiger partial charge in [-0.2, -0.15) is 0 Å². The molecule has 32 heavy (non-hydrogen) atoms. The quantitative estimate of drug-likeness (QED) is 0.737. The zero-order valence-corrected chi connectivity index (χ0v) is 19.8. The number of hydrogen-bond donors (Lipinski definition) is 1. The van der Waals surface area contributed by atoms with E-state index in [4.69, 9.17) is 14.0 Å². The molecular formula is C24H35BN4O3. The topological polar surface area (TPSA) is 68.7 Å². The minimum atomic E-state index is -0.388. The minimum absolute atomic E-state index is 0.361. The van der Waals surface area contributed by atoms with Crippen LogP contribution in [0.5, 0.6) is 0 Å². The van der Waals surface area contributed by atoms with Gasteiger partial charge in [0.25, 0.3) is 0 Å². The number of fused-ring (bicyclic) bond motifs is 1. The fraction of sp³-hybridized carbons (Fsp3) is 0.667. The lowest BCUT2D eigenvalue weighted by Gasteiger charge is -2.39. The van der Waals surface area contributed by atoms with Crippen LogP contribution >= 0.6 is 0 Å². The van der Waals surface area contributed by atoms with E-state index in [1.54, 1.807) is 6.33 Å². The van der Waals surface area contributed by atoms with Gasteiger partial charge in [-0.1, -0.05) is 6.07 Å². The molecule has 1 N–H and O–H groups in total. The highest BCUT2D eigenvalue weighted by atomic mass is 16.7. The third-order valence-electron chi connectivity index (χ3n) is 7.78. The van der Waals surface area contributed by atoms with Gasteiger partial charge in [-0.25, -0.2) is 9.97 Å². The van der Waals surface area contributed by atoms with Gasteiger partial charge in [0.05, 0.1) is 29.9 Å². The summed E-state index contributed by atoms with van der Waals surface area (Å²) in [6.45, 7) is 12.2. The van der Waals surface area contributed by atoms with Crippen molar-refractivity contribution in [1.82, 2.24) is 14.9 Å². The molecule has 5 rings (SSSR count). The van der Waals surface area contributed by atoms with Gasteiger partial charge in [-0.05, 0) is 71.0 Å². The van der Waals surface area contributed by atoms with E-state index in [1.807, 2.05) is 6.07 Å². The van der Waals surface area contributed by atoms with Crippen LogP contribution in [-0.2, 0) is 14.0 Å². The van der Waals surface area contributed by atoms with Crippen LogP contribution in [0.2, 0.25) is 0 Å². The molecule has 0 radical (unpaired) electrons. The molecule has 1 aliphatic carbocycles. The van der Waals surface area contributed by atoms with E-state index in [9.17, 15) is 0 Å². The fourth-order valence-corrected chi connectivity index (χ4v) is 5.04. The third kappa shape index (κ3) is 4.26. The zero-order chi connectivity index (χ0) is 22.3. The third-order valence-corrected chi connectivity index (χ3v) is 7.78. The van der Waals surface area contributed by atoms with Crippen LogP contribution in [-0.4, -0.2) is 71.6 Å². The molecule has 1 aromatic carbocycles. The molecule has 0 bridgehead atoms. The molecular weight excluding hydrogens is 403 g/mol. The Balaban J connectivity index is 1.30. The molecule has 0 atom stereocenters. The second-order valence-electron chi connectivity index (χ2n) is 10.4. The van der Waals surface area contributed by atoms with E-state index in [-0.39, 0.29) is 18.3 Å². The maximum atomic E-state index is 6.26. The van der Waals surface area contributed by atoms with Gasteiger partial charge in [0, 0.05) is 30.6 Å². The predicted molar refractivity (Wildman–Crippen MR) is 127 cm³/mol. The summed E-state index contributed by atoms with van der Waals surface area (Å²) in [5, 5.41) is 4.74. The standard InChI is InChI=1S/C24H35BN4O3/c1-23(2)24(3,4)32-25(31-23)17-5-10-21-20(15-17)22(27-16-26-21)28-18-6-8-19(9-7-18)29-11-13-30-14-12-29/h5,10,15-16,18-19H,6-9,11-14H2,1-4H3,(H,26,27,28)/t18-,19-. The maximum Gasteiger partial charge on any atom is 0.494 e. The number of hydrogen-bond acceptors (Lipinski definition) is 7. The van der Waals surface area contributed by atoms with Crippen molar-refractivity contribution in [3.63, 3.8) is 0 Å². The normalized spacial score (nSPS) is 28.2. The predicted octanol–water partition coefficient (Wildman–Crippen LogP) is 2.98. The Morgan fingerprint density at radius 3 is 2.34 bits per heavy atom. The molecule has 0 unspecified atom stereocenters. The van der Waals surface area contributed by atoms with Crippen molar-refractivity contribution in [2.24, 2.45) is 0 Å². The molecule has 2 aromatic rings. The molecule has 7 nitrogen and oxygen atoms in total. The maximum absolute atomic E-state index is 6.26. The molecule has 0 spiro atoms. The summed E-state index contributed by atoms with van der Waals surface area (Å²) in [6.07, 6.45) is 6.41. The number of nitrogens with zero attached hydrogens (tertiary/aromatic N) is 3. The van der Waals surface area contributed by atoms with Gasteiger partial charge in [0.2, 0.25) is 0 Å². The Bertz CT molecular complexity index is 939. The molecule has 8 heteroatoms. The van der Waals surface area contributed by atoms with E-state index in [0.29, 0.717) is 12.1 Å². The average Bonchev–Trinajstić information content (AvgIpc) is 3.02. The Morgan fingerprint density at radius 1 is 0.969 bits per heavy atom.